The average molecular weight is 409 g/mol. The van der Waals surface area contributed by atoms with E-state index in [0.29, 0.717) is 23.8 Å². The van der Waals surface area contributed by atoms with Crippen molar-refractivity contribution in [1.82, 2.24) is 15.3 Å². The monoisotopic (exact) mass is 408 g/mol. The third-order valence-corrected chi connectivity index (χ3v) is 4.88. The Balaban J connectivity index is 1.48. The van der Waals surface area contributed by atoms with Gasteiger partial charge >= 0.3 is 0 Å². The summed E-state index contributed by atoms with van der Waals surface area (Å²) in [5, 5.41) is 6.27. The highest BCUT2D eigenvalue weighted by molar-refractivity contribution is 5.95. The van der Waals surface area contributed by atoms with Crippen LogP contribution in [0.4, 0.5) is 11.5 Å². The number of hydrogen-bond acceptors (Lipinski definition) is 4. The molecule has 5 nitrogen and oxygen atoms in total. The van der Waals surface area contributed by atoms with Gasteiger partial charge in [-0.3, -0.25) is 4.79 Å². The van der Waals surface area contributed by atoms with Gasteiger partial charge in [-0.15, -0.1) is 0 Å². The van der Waals surface area contributed by atoms with Crippen molar-refractivity contribution < 1.29 is 4.79 Å². The third-order valence-electron chi connectivity index (χ3n) is 4.88. The van der Waals surface area contributed by atoms with Crippen molar-refractivity contribution in [3.63, 3.8) is 0 Å². The van der Waals surface area contributed by atoms with Crippen molar-refractivity contribution >= 4 is 17.4 Å². The van der Waals surface area contributed by atoms with Crippen molar-refractivity contribution in [3.8, 4) is 11.3 Å². The number of aromatic nitrogens is 2. The lowest BCUT2D eigenvalue weighted by molar-refractivity contribution is 0.0951. The Morgan fingerprint density at radius 3 is 2.39 bits per heavy atom. The Morgan fingerprint density at radius 1 is 0.839 bits per heavy atom. The largest absolute Gasteiger partial charge is 0.348 e. The van der Waals surface area contributed by atoms with Crippen LogP contribution < -0.4 is 10.6 Å². The van der Waals surface area contributed by atoms with E-state index in [1.165, 1.54) is 5.56 Å². The molecule has 0 radical (unpaired) electrons. The van der Waals surface area contributed by atoms with Gasteiger partial charge in [-0.25, -0.2) is 9.97 Å². The summed E-state index contributed by atoms with van der Waals surface area (Å²) in [6, 6.07) is 27.4. The van der Waals surface area contributed by atoms with Crippen molar-refractivity contribution in [2.75, 3.05) is 5.32 Å². The van der Waals surface area contributed by atoms with Crippen molar-refractivity contribution in [2.24, 2.45) is 0 Å². The number of anilines is 2. The van der Waals surface area contributed by atoms with Crippen LogP contribution in [0.5, 0.6) is 0 Å². The van der Waals surface area contributed by atoms with Crippen LogP contribution in [0.3, 0.4) is 0 Å². The molecule has 4 rings (SSSR count). The van der Waals surface area contributed by atoms with E-state index in [-0.39, 0.29) is 5.91 Å². The number of amides is 1. The second-order valence-electron chi connectivity index (χ2n) is 7.43. The van der Waals surface area contributed by atoms with Gasteiger partial charge in [-0.2, -0.15) is 0 Å². The van der Waals surface area contributed by atoms with Gasteiger partial charge < -0.3 is 10.6 Å². The molecule has 1 heterocycles. The van der Waals surface area contributed by atoms with Gasteiger partial charge in [0.15, 0.2) is 0 Å². The van der Waals surface area contributed by atoms with E-state index in [9.17, 15) is 4.79 Å². The number of hydrogen-bond donors (Lipinski definition) is 2. The maximum absolute atomic E-state index is 12.6. The minimum absolute atomic E-state index is 0.118. The zero-order valence-corrected chi connectivity index (χ0v) is 17.6. The number of nitrogens with one attached hydrogen (secondary N) is 2. The van der Waals surface area contributed by atoms with Crippen LogP contribution in [-0.4, -0.2) is 15.9 Å². The van der Waals surface area contributed by atoms with E-state index < -0.39 is 0 Å². The van der Waals surface area contributed by atoms with E-state index in [4.69, 9.17) is 0 Å². The number of carbonyl (C=O) groups excluding carboxylic acids is 1. The molecule has 1 amide bonds. The molecule has 5 heteroatoms. The minimum Gasteiger partial charge on any atom is -0.348 e. The molecule has 0 bridgehead atoms. The van der Waals surface area contributed by atoms with Crippen LogP contribution in [-0.2, 0) is 6.54 Å². The fraction of sp³-hybridized carbons (Fsp3) is 0.115. The number of benzene rings is 3. The average Bonchev–Trinajstić information content (AvgIpc) is 2.79. The summed E-state index contributed by atoms with van der Waals surface area (Å²) in [4.78, 5) is 21.6. The molecule has 0 fully saturated rings. The van der Waals surface area contributed by atoms with Crippen LogP contribution in [0.2, 0.25) is 0 Å². The Morgan fingerprint density at radius 2 is 1.61 bits per heavy atom. The molecule has 0 spiro atoms. The van der Waals surface area contributed by atoms with Gasteiger partial charge in [-0.1, -0.05) is 66.2 Å². The third kappa shape index (κ3) is 5.34. The Kier molecular flexibility index (Phi) is 6.03. The predicted molar refractivity (Wildman–Crippen MR) is 124 cm³/mol. The first-order valence-electron chi connectivity index (χ1n) is 10.2. The fourth-order valence-corrected chi connectivity index (χ4v) is 3.26. The summed E-state index contributed by atoms with van der Waals surface area (Å²) >= 11 is 0. The number of aryl methyl sites for hydroxylation is 2. The Hall–Kier alpha value is -3.99. The van der Waals surface area contributed by atoms with Gasteiger partial charge in [0.05, 0.1) is 5.69 Å². The van der Waals surface area contributed by atoms with Crippen molar-refractivity contribution in [3.05, 3.63) is 107 Å². The molecule has 0 atom stereocenters. The number of carbonyl (C=O) groups is 1. The zero-order chi connectivity index (χ0) is 21.6. The van der Waals surface area contributed by atoms with Gasteiger partial charge in [0.1, 0.15) is 11.6 Å². The molecule has 154 valence electrons. The van der Waals surface area contributed by atoms with Gasteiger partial charge in [0, 0.05) is 29.4 Å². The quantitative estimate of drug-likeness (QED) is 0.446. The molecule has 1 aromatic heterocycles. The van der Waals surface area contributed by atoms with E-state index in [1.807, 2.05) is 92.7 Å². The van der Waals surface area contributed by atoms with Crippen LogP contribution in [0.1, 0.15) is 27.3 Å². The first-order chi connectivity index (χ1) is 15.1. The second kappa shape index (κ2) is 9.22. The topological polar surface area (TPSA) is 66.9 Å². The predicted octanol–water partition coefficient (Wildman–Crippen LogP) is 5.43. The molecule has 0 aliphatic heterocycles. The van der Waals surface area contributed by atoms with Crippen LogP contribution in [0.15, 0.2) is 84.9 Å². The lowest BCUT2D eigenvalue weighted by atomic mass is 10.1. The lowest BCUT2D eigenvalue weighted by Gasteiger charge is -2.11. The summed E-state index contributed by atoms with van der Waals surface area (Å²) in [6.45, 7) is 4.40. The maximum atomic E-state index is 12.6. The van der Waals surface area contributed by atoms with E-state index in [1.54, 1.807) is 6.07 Å². The fourth-order valence-electron chi connectivity index (χ4n) is 3.26. The summed E-state index contributed by atoms with van der Waals surface area (Å²) < 4.78 is 0. The molecule has 2 N–H and O–H groups in total. The standard InChI is InChI=1S/C26H24N4O/c1-18-11-13-20(14-12-18)17-27-26(31)22-9-6-10-23(15-22)30-25-16-24(28-19(2)29-25)21-7-4-3-5-8-21/h3-16H,17H2,1-2H3,(H,27,31)(H,28,29,30). The lowest BCUT2D eigenvalue weighted by Crippen LogP contribution is -2.22. The van der Waals surface area contributed by atoms with Crippen LogP contribution in [0, 0.1) is 13.8 Å². The first-order valence-corrected chi connectivity index (χ1v) is 10.2. The highest BCUT2D eigenvalue weighted by atomic mass is 16.1. The van der Waals surface area contributed by atoms with E-state index >= 15 is 0 Å². The molecule has 0 aliphatic rings. The Labute approximate surface area is 182 Å². The zero-order valence-electron chi connectivity index (χ0n) is 17.6. The van der Waals surface area contributed by atoms with Gasteiger partial charge in [-0.05, 0) is 37.6 Å². The summed E-state index contributed by atoms with van der Waals surface area (Å²) in [6.07, 6.45) is 0. The molecule has 3 aromatic carbocycles. The van der Waals surface area contributed by atoms with E-state index in [0.717, 1.165) is 22.5 Å². The summed E-state index contributed by atoms with van der Waals surface area (Å²) in [5.74, 6) is 1.24. The second-order valence-corrected chi connectivity index (χ2v) is 7.43. The van der Waals surface area contributed by atoms with Crippen molar-refractivity contribution in [1.29, 1.82) is 0 Å². The number of rotatable bonds is 6. The summed E-state index contributed by atoms with van der Waals surface area (Å²) in [5.41, 5.74) is 5.52. The van der Waals surface area contributed by atoms with Crippen LogP contribution in [0.25, 0.3) is 11.3 Å². The molecular weight excluding hydrogens is 384 g/mol. The summed E-state index contributed by atoms with van der Waals surface area (Å²) in [7, 11) is 0. The molecule has 0 aliphatic carbocycles. The molecule has 0 saturated carbocycles. The smallest absolute Gasteiger partial charge is 0.251 e. The van der Waals surface area contributed by atoms with Gasteiger partial charge in [0.25, 0.3) is 5.91 Å². The highest BCUT2D eigenvalue weighted by Gasteiger charge is 2.08. The van der Waals surface area contributed by atoms with Crippen molar-refractivity contribution in [2.45, 2.75) is 20.4 Å². The van der Waals surface area contributed by atoms with Gasteiger partial charge in [0.2, 0.25) is 0 Å². The first kappa shape index (κ1) is 20.3. The molecule has 31 heavy (non-hydrogen) atoms. The SMILES string of the molecule is Cc1ccc(CNC(=O)c2cccc(Nc3cc(-c4ccccc4)nc(C)n3)c2)cc1. The Bertz CT molecular complexity index is 1190. The number of nitrogens with zero attached hydrogens (tertiary/aromatic N) is 2. The molecule has 0 saturated heterocycles. The highest BCUT2D eigenvalue weighted by Crippen LogP contribution is 2.22. The molecule has 4 aromatic rings. The van der Waals surface area contributed by atoms with Crippen LogP contribution >= 0.6 is 0 Å². The maximum Gasteiger partial charge on any atom is 0.251 e. The minimum atomic E-state index is -0.118. The van der Waals surface area contributed by atoms with E-state index in [2.05, 4.69) is 20.6 Å². The molecule has 0 unspecified atom stereocenters. The normalized spacial score (nSPS) is 10.5. The molecular formula is C26H24N4O.